The summed E-state index contributed by atoms with van der Waals surface area (Å²) < 4.78 is 10.6. The van der Waals surface area contributed by atoms with E-state index in [-0.39, 0.29) is 24.0 Å². The number of rotatable bonds is 8. The molecule has 0 aliphatic rings. The number of nitrogens with two attached hydrogens (primary N) is 1. The monoisotopic (exact) mass is 507 g/mol. The zero-order valence-corrected chi connectivity index (χ0v) is 18.8. The number of benzene rings is 2. The first-order chi connectivity index (χ1) is 13.7. The van der Waals surface area contributed by atoms with Gasteiger partial charge >= 0.3 is 0 Å². The van der Waals surface area contributed by atoms with Crippen molar-refractivity contribution >= 4 is 29.9 Å². The van der Waals surface area contributed by atoms with Gasteiger partial charge in [0.05, 0.1) is 26.1 Å². The number of hydrogen-bond acceptors (Lipinski definition) is 4. The molecule has 29 heavy (non-hydrogen) atoms. The van der Waals surface area contributed by atoms with Crippen molar-refractivity contribution in [2.75, 3.05) is 20.8 Å². The maximum absolute atomic E-state index is 5.96. The summed E-state index contributed by atoms with van der Waals surface area (Å²) >= 11 is 0. The van der Waals surface area contributed by atoms with E-state index in [4.69, 9.17) is 15.2 Å². The first-order valence-corrected chi connectivity index (χ1v) is 9.03. The summed E-state index contributed by atoms with van der Waals surface area (Å²) in [6, 6.07) is 15.9. The minimum absolute atomic E-state index is 0. The topological polar surface area (TPSA) is 97.5 Å². The van der Waals surface area contributed by atoms with Gasteiger partial charge in [0.15, 0.2) is 17.5 Å². The molecule has 0 fully saturated rings. The zero-order valence-electron chi connectivity index (χ0n) is 16.5. The molecule has 0 bridgehead atoms. The van der Waals surface area contributed by atoms with Crippen molar-refractivity contribution in [1.82, 2.24) is 15.3 Å². The molecule has 3 rings (SSSR count). The average Bonchev–Trinajstić information content (AvgIpc) is 3.22. The number of ether oxygens (including phenoxy) is 2. The van der Waals surface area contributed by atoms with Crippen LogP contribution >= 0.6 is 24.0 Å². The van der Waals surface area contributed by atoms with Gasteiger partial charge in [0.2, 0.25) is 0 Å². The Morgan fingerprint density at radius 3 is 2.59 bits per heavy atom. The Morgan fingerprint density at radius 2 is 1.86 bits per heavy atom. The summed E-state index contributed by atoms with van der Waals surface area (Å²) in [4.78, 5) is 12.0. The molecule has 4 N–H and O–H groups in total. The quantitative estimate of drug-likeness (QED) is 0.247. The number of aromatic nitrogens is 2. The highest BCUT2D eigenvalue weighted by atomic mass is 127. The van der Waals surface area contributed by atoms with Crippen LogP contribution in [0, 0.1) is 0 Å². The zero-order chi connectivity index (χ0) is 19.8. The van der Waals surface area contributed by atoms with Crippen LogP contribution in [0.5, 0.6) is 11.5 Å². The van der Waals surface area contributed by atoms with E-state index >= 15 is 0 Å². The van der Waals surface area contributed by atoms with Crippen molar-refractivity contribution < 1.29 is 9.47 Å². The Bertz CT molecular complexity index is 928. The maximum Gasteiger partial charge on any atom is 0.189 e. The number of methoxy groups -OCH3 is 2. The Hall–Kier alpha value is -2.75. The molecule has 0 saturated heterocycles. The van der Waals surface area contributed by atoms with Crippen LogP contribution in [0.25, 0.3) is 11.3 Å². The minimum atomic E-state index is 0. The lowest BCUT2D eigenvalue weighted by molar-refractivity contribution is 0.354. The van der Waals surface area contributed by atoms with Crippen LogP contribution < -0.4 is 20.5 Å². The third-order valence-corrected chi connectivity index (χ3v) is 4.28. The standard InChI is InChI=1S/C21H25N5O2.HI/c1-27-18-9-8-15(12-19(18)28-2)10-11-23-21(22)25-14-20-24-13-17(26-20)16-6-4-3-5-7-16;/h3-9,12-13H,10-11,14H2,1-2H3,(H,24,26)(H3,22,23,25);1H. The van der Waals surface area contributed by atoms with Gasteiger partial charge in [0.25, 0.3) is 0 Å². The van der Waals surface area contributed by atoms with Crippen molar-refractivity contribution in [2.24, 2.45) is 10.7 Å². The molecule has 154 valence electrons. The van der Waals surface area contributed by atoms with Gasteiger partial charge in [-0.2, -0.15) is 0 Å². The number of halogens is 1. The van der Waals surface area contributed by atoms with Gasteiger partial charge in [0, 0.05) is 6.54 Å². The van der Waals surface area contributed by atoms with Crippen LogP contribution in [-0.4, -0.2) is 36.7 Å². The molecule has 7 nitrogen and oxygen atoms in total. The lowest BCUT2D eigenvalue weighted by Gasteiger charge is -2.10. The molecule has 1 aromatic heterocycles. The van der Waals surface area contributed by atoms with E-state index < -0.39 is 0 Å². The molecular weight excluding hydrogens is 481 g/mol. The molecule has 0 aliphatic heterocycles. The SMILES string of the molecule is COc1ccc(CCNC(N)=NCc2ncc(-c3ccccc3)[nH]2)cc1OC.I. The Kier molecular flexibility index (Phi) is 8.78. The van der Waals surface area contributed by atoms with Gasteiger partial charge in [-0.1, -0.05) is 36.4 Å². The highest BCUT2D eigenvalue weighted by molar-refractivity contribution is 14.0. The molecule has 2 aromatic carbocycles. The lowest BCUT2D eigenvalue weighted by atomic mass is 10.1. The van der Waals surface area contributed by atoms with E-state index in [1.165, 1.54) is 0 Å². The Morgan fingerprint density at radius 1 is 1.10 bits per heavy atom. The number of imidazole rings is 1. The number of aliphatic imine (C=N–C) groups is 1. The fourth-order valence-corrected chi connectivity index (χ4v) is 2.79. The second-order valence-electron chi connectivity index (χ2n) is 6.18. The Labute approximate surface area is 187 Å². The summed E-state index contributed by atoms with van der Waals surface area (Å²) in [7, 11) is 3.25. The summed E-state index contributed by atoms with van der Waals surface area (Å²) in [6.07, 6.45) is 2.59. The van der Waals surface area contributed by atoms with E-state index in [9.17, 15) is 0 Å². The van der Waals surface area contributed by atoms with Crippen molar-refractivity contribution in [2.45, 2.75) is 13.0 Å². The van der Waals surface area contributed by atoms with Crippen molar-refractivity contribution in [3.8, 4) is 22.8 Å². The third-order valence-electron chi connectivity index (χ3n) is 4.28. The van der Waals surface area contributed by atoms with Crippen LogP contribution in [0.2, 0.25) is 0 Å². The molecule has 0 atom stereocenters. The molecule has 1 heterocycles. The fraction of sp³-hybridized carbons (Fsp3) is 0.238. The lowest BCUT2D eigenvalue weighted by Crippen LogP contribution is -2.33. The molecule has 0 radical (unpaired) electrons. The maximum atomic E-state index is 5.96. The smallest absolute Gasteiger partial charge is 0.189 e. The van der Waals surface area contributed by atoms with Gasteiger partial charge in [-0.15, -0.1) is 24.0 Å². The molecule has 8 heteroatoms. The van der Waals surface area contributed by atoms with E-state index in [2.05, 4.69) is 20.3 Å². The summed E-state index contributed by atoms with van der Waals surface area (Å²) in [5.41, 5.74) is 9.13. The predicted octanol–water partition coefficient (Wildman–Crippen LogP) is 3.36. The molecular formula is C21H26IN5O2. The van der Waals surface area contributed by atoms with Gasteiger partial charge in [-0.3, -0.25) is 0 Å². The summed E-state index contributed by atoms with van der Waals surface area (Å²) in [6.45, 7) is 1.06. The van der Waals surface area contributed by atoms with Crippen molar-refractivity contribution in [3.63, 3.8) is 0 Å². The molecule has 0 saturated carbocycles. The summed E-state index contributed by atoms with van der Waals surface area (Å²) in [5.74, 6) is 2.59. The van der Waals surface area contributed by atoms with Gasteiger partial charge < -0.3 is 25.5 Å². The number of nitrogens with zero attached hydrogens (tertiary/aromatic N) is 2. The number of aromatic amines is 1. The minimum Gasteiger partial charge on any atom is -0.493 e. The van der Waals surface area contributed by atoms with Crippen LogP contribution in [0.15, 0.2) is 59.7 Å². The first kappa shape index (κ1) is 22.5. The van der Waals surface area contributed by atoms with Crippen LogP contribution in [-0.2, 0) is 13.0 Å². The number of nitrogens with one attached hydrogen (secondary N) is 2. The van der Waals surface area contributed by atoms with E-state index in [0.29, 0.717) is 30.5 Å². The molecule has 0 spiro atoms. The van der Waals surface area contributed by atoms with Gasteiger partial charge in [0.1, 0.15) is 12.4 Å². The number of hydrogen-bond donors (Lipinski definition) is 3. The van der Waals surface area contributed by atoms with E-state index in [1.54, 1.807) is 20.4 Å². The van der Waals surface area contributed by atoms with Crippen molar-refractivity contribution in [1.29, 1.82) is 0 Å². The van der Waals surface area contributed by atoms with E-state index in [0.717, 1.165) is 29.1 Å². The average molecular weight is 507 g/mol. The highest BCUT2D eigenvalue weighted by Gasteiger charge is 2.05. The van der Waals surface area contributed by atoms with Gasteiger partial charge in [-0.05, 0) is 29.7 Å². The van der Waals surface area contributed by atoms with Crippen LogP contribution in [0.3, 0.4) is 0 Å². The van der Waals surface area contributed by atoms with Gasteiger partial charge in [-0.25, -0.2) is 9.98 Å². The largest absolute Gasteiger partial charge is 0.493 e. The number of H-pyrrole nitrogens is 1. The Balaban J connectivity index is 0.00000300. The molecule has 0 amide bonds. The molecule has 0 unspecified atom stereocenters. The number of guanidine groups is 1. The second kappa shape index (κ2) is 11.3. The highest BCUT2D eigenvalue weighted by Crippen LogP contribution is 2.27. The predicted molar refractivity (Wildman–Crippen MR) is 126 cm³/mol. The van der Waals surface area contributed by atoms with Crippen LogP contribution in [0.4, 0.5) is 0 Å². The fourth-order valence-electron chi connectivity index (χ4n) is 2.79. The third kappa shape index (κ3) is 6.38. The molecule has 0 aliphatic carbocycles. The normalized spacial score (nSPS) is 10.9. The van der Waals surface area contributed by atoms with Crippen molar-refractivity contribution in [3.05, 3.63) is 66.1 Å². The van der Waals surface area contributed by atoms with Crippen LogP contribution in [0.1, 0.15) is 11.4 Å². The summed E-state index contributed by atoms with van der Waals surface area (Å²) in [5, 5.41) is 3.12. The second-order valence-corrected chi connectivity index (χ2v) is 6.18. The van der Waals surface area contributed by atoms with E-state index in [1.807, 2.05) is 48.5 Å². The molecule has 3 aromatic rings. The first-order valence-electron chi connectivity index (χ1n) is 9.03.